The van der Waals surface area contributed by atoms with E-state index in [9.17, 15) is 4.79 Å². The number of hydrogen-bond donors (Lipinski definition) is 1. The number of aromatic nitrogens is 3. The van der Waals surface area contributed by atoms with E-state index in [1.807, 2.05) is 4.57 Å². The molecule has 0 spiro atoms. The van der Waals surface area contributed by atoms with Gasteiger partial charge in [0.1, 0.15) is 0 Å². The lowest BCUT2D eigenvalue weighted by Crippen LogP contribution is -2.14. The third-order valence-electron chi connectivity index (χ3n) is 4.26. The van der Waals surface area contributed by atoms with Crippen molar-refractivity contribution in [3.63, 3.8) is 0 Å². The molecule has 3 rings (SSSR count). The number of aryl methyl sites for hydroxylation is 1. The summed E-state index contributed by atoms with van der Waals surface area (Å²) in [5.41, 5.74) is 2.97. The van der Waals surface area contributed by atoms with Crippen molar-refractivity contribution >= 4 is 57.9 Å². The average Bonchev–Trinajstić information content (AvgIpc) is 3.26. The number of benzene rings is 1. The molecule has 0 saturated carbocycles. The lowest BCUT2D eigenvalue weighted by atomic mass is 10.1. The molecule has 29 heavy (non-hydrogen) atoms. The topological polar surface area (TPSA) is 59.8 Å². The van der Waals surface area contributed by atoms with Gasteiger partial charge < -0.3 is 5.32 Å². The van der Waals surface area contributed by atoms with Crippen molar-refractivity contribution in [2.75, 3.05) is 11.1 Å². The molecule has 9 heteroatoms. The molecule has 3 aromatic rings. The fourth-order valence-electron chi connectivity index (χ4n) is 2.90. The minimum Gasteiger partial charge on any atom is -0.325 e. The van der Waals surface area contributed by atoms with Crippen molar-refractivity contribution in [1.82, 2.24) is 14.8 Å². The fourth-order valence-corrected chi connectivity index (χ4v) is 4.88. The van der Waals surface area contributed by atoms with Gasteiger partial charge in [-0.05, 0) is 37.1 Å². The van der Waals surface area contributed by atoms with Crippen LogP contribution in [-0.4, -0.2) is 26.4 Å². The van der Waals surface area contributed by atoms with Crippen LogP contribution in [0.4, 0.5) is 5.69 Å². The molecule has 0 saturated heterocycles. The summed E-state index contributed by atoms with van der Waals surface area (Å²) in [6.45, 7) is 8.66. The SMILES string of the molecule is C=CCn1c(SCC(=O)Nc2ccc(Cl)c(Cl)c2)nnc1-c1csc(C)c1CC. The lowest BCUT2D eigenvalue weighted by Gasteiger charge is -2.09. The van der Waals surface area contributed by atoms with Gasteiger partial charge >= 0.3 is 0 Å². The molecule has 1 aromatic carbocycles. The second-order valence-corrected chi connectivity index (χ2v) is 9.05. The highest BCUT2D eigenvalue weighted by atomic mass is 35.5. The van der Waals surface area contributed by atoms with Gasteiger partial charge in [-0.15, -0.1) is 28.1 Å². The molecular weight excluding hydrogens is 447 g/mol. The number of allylic oxidation sites excluding steroid dienone is 1. The number of halogens is 2. The zero-order valence-electron chi connectivity index (χ0n) is 16.0. The van der Waals surface area contributed by atoms with Crippen molar-refractivity contribution in [3.05, 3.63) is 56.7 Å². The van der Waals surface area contributed by atoms with Crippen LogP contribution in [0.1, 0.15) is 17.4 Å². The van der Waals surface area contributed by atoms with E-state index < -0.39 is 0 Å². The third-order valence-corrected chi connectivity index (χ3v) is 6.92. The van der Waals surface area contributed by atoms with Gasteiger partial charge in [-0.3, -0.25) is 9.36 Å². The van der Waals surface area contributed by atoms with E-state index in [-0.39, 0.29) is 11.7 Å². The first kappa shape index (κ1) is 21.9. The summed E-state index contributed by atoms with van der Waals surface area (Å²) in [5.74, 6) is 0.834. The molecule has 0 unspecified atom stereocenters. The van der Waals surface area contributed by atoms with Crippen LogP contribution in [0.15, 0.2) is 41.4 Å². The van der Waals surface area contributed by atoms with Crippen molar-refractivity contribution in [1.29, 1.82) is 0 Å². The Morgan fingerprint density at radius 1 is 1.34 bits per heavy atom. The monoisotopic (exact) mass is 466 g/mol. The highest BCUT2D eigenvalue weighted by molar-refractivity contribution is 7.99. The number of nitrogens with one attached hydrogen (secondary N) is 1. The van der Waals surface area contributed by atoms with Crippen LogP contribution >= 0.6 is 46.3 Å². The molecule has 152 valence electrons. The highest BCUT2D eigenvalue weighted by Gasteiger charge is 2.19. The average molecular weight is 467 g/mol. The molecule has 0 aliphatic carbocycles. The molecule has 0 aliphatic heterocycles. The molecule has 0 bridgehead atoms. The first-order chi connectivity index (χ1) is 13.9. The molecular formula is C20H20Cl2N4OS2. The van der Waals surface area contributed by atoms with Crippen LogP contribution in [0.25, 0.3) is 11.4 Å². The molecule has 0 radical (unpaired) electrons. The smallest absolute Gasteiger partial charge is 0.234 e. The van der Waals surface area contributed by atoms with E-state index in [4.69, 9.17) is 23.2 Å². The predicted molar refractivity (Wildman–Crippen MR) is 123 cm³/mol. The van der Waals surface area contributed by atoms with E-state index in [1.54, 1.807) is 35.6 Å². The second kappa shape index (κ2) is 9.80. The van der Waals surface area contributed by atoms with E-state index >= 15 is 0 Å². The fraction of sp³-hybridized carbons (Fsp3) is 0.250. The lowest BCUT2D eigenvalue weighted by molar-refractivity contribution is -0.113. The van der Waals surface area contributed by atoms with Crippen LogP contribution in [0.2, 0.25) is 10.0 Å². The van der Waals surface area contributed by atoms with Gasteiger partial charge in [0.25, 0.3) is 0 Å². The maximum atomic E-state index is 12.3. The predicted octanol–water partition coefficient (Wildman–Crippen LogP) is 6.10. The normalized spacial score (nSPS) is 10.9. The van der Waals surface area contributed by atoms with E-state index in [2.05, 4.69) is 41.3 Å². The third kappa shape index (κ3) is 5.04. The van der Waals surface area contributed by atoms with Gasteiger partial charge in [-0.2, -0.15) is 0 Å². The standard InChI is InChI=1S/C20H20Cl2N4OS2/c1-4-8-26-19(15-10-28-12(3)14(15)5-2)24-25-20(26)29-11-18(27)23-13-6-7-16(21)17(22)9-13/h4,6-7,9-10H,1,5,8,11H2,2-3H3,(H,23,27). The summed E-state index contributed by atoms with van der Waals surface area (Å²) >= 11 is 14.9. The summed E-state index contributed by atoms with van der Waals surface area (Å²) in [4.78, 5) is 13.6. The van der Waals surface area contributed by atoms with Crippen molar-refractivity contribution in [2.24, 2.45) is 0 Å². The Balaban J connectivity index is 1.75. The zero-order valence-corrected chi connectivity index (χ0v) is 19.2. The van der Waals surface area contributed by atoms with Crippen molar-refractivity contribution in [3.8, 4) is 11.4 Å². The van der Waals surface area contributed by atoms with Crippen LogP contribution in [0.5, 0.6) is 0 Å². The molecule has 0 fully saturated rings. The number of anilines is 1. The maximum absolute atomic E-state index is 12.3. The minimum atomic E-state index is -0.163. The maximum Gasteiger partial charge on any atom is 0.234 e. The van der Waals surface area contributed by atoms with Gasteiger partial charge in [-0.1, -0.05) is 48.0 Å². The number of hydrogen-bond acceptors (Lipinski definition) is 5. The largest absolute Gasteiger partial charge is 0.325 e. The molecule has 0 aliphatic rings. The second-order valence-electron chi connectivity index (χ2n) is 6.21. The number of carbonyl (C=O) groups excluding carboxylic acids is 1. The quantitative estimate of drug-likeness (QED) is 0.321. The number of amides is 1. The molecule has 2 aromatic heterocycles. The molecule has 1 amide bonds. The summed E-state index contributed by atoms with van der Waals surface area (Å²) in [7, 11) is 0. The van der Waals surface area contributed by atoms with Crippen LogP contribution in [0.3, 0.4) is 0 Å². The molecule has 5 nitrogen and oxygen atoms in total. The van der Waals surface area contributed by atoms with Crippen LogP contribution in [-0.2, 0) is 17.8 Å². The summed E-state index contributed by atoms with van der Waals surface area (Å²) in [5, 5.41) is 15.2. The Labute approximate surface area is 188 Å². The summed E-state index contributed by atoms with van der Waals surface area (Å²) in [6, 6.07) is 4.98. The van der Waals surface area contributed by atoms with Gasteiger partial charge in [0.05, 0.1) is 15.8 Å². The molecule has 2 heterocycles. The van der Waals surface area contributed by atoms with Gasteiger partial charge in [-0.25, -0.2) is 0 Å². The van der Waals surface area contributed by atoms with Crippen LogP contribution < -0.4 is 5.32 Å². The Morgan fingerprint density at radius 2 is 2.14 bits per heavy atom. The first-order valence-corrected chi connectivity index (χ1v) is 11.6. The zero-order chi connectivity index (χ0) is 21.0. The summed E-state index contributed by atoms with van der Waals surface area (Å²) in [6.07, 6.45) is 2.73. The molecule has 1 N–H and O–H groups in total. The first-order valence-electron chi connectivity index (χ1n) is 8.93. The molecule has 0 atom stereocenters. The number of nitrogens with zero attached hydrogens (tertiary/aromatic N) is 3. The van der Waals surface area contributed by atoms with E-state index in [0.717, 1.165) is 17.8 Å². The van der Waals surface area contributed by atoms with Crippen molar-refractivity contribution in [2.45, 2.75) is 32.0 Å². The Hall–Kier alpha value is -1.80. The van der Waals surface area contributed by atoms with E-state index in [0.29, 0.717) is 27.4 Å². The number of carbonyl (C=O) groups is 1. The minimum absolute atomic E-state index is 0.163. The Morgan fingerprint density at radius 3 is 2.83 bits per heavy atom. The Kier molecular flexibility index (Phi) is 7.40. The van der Waals surface area contributed by atoms with E-state index in [1.165, 1.54) is 22.2 Å². The van der Waals surface area contributed by atoms with Gasteiger partial charge in [0.2, 0.25) is 5.91 Å². The highest BCUT2D eigenvalue weighted by Crippen LogP contribution is 2.32. The summed E-state index contributed by atoms with van der Waals surface area (Å²) < 4.78 is 1.99. The Bertz CT molecular complexity index is 1050. The number of thioether (sulfide) groups is 1. The van der Waals surface area contributed by atoms with Gasteiger partial charge in [0, 0.05) is 28.1 Å². The number of rotatable bonds is 8. The van der Waals surface area contributed by atoms with Gasteiger partial charge in [0.15, 0.2) is 11.0 Å². The van der Waals surface area contributed by atoms with Crippen LogP contribution in [0, 0.1) is 6.92 Å². The van der Waals surface area contributed by atoms with Crippen molar-refractivity contribution < 1.29 is 4.79 Å². The number of thiophene rings is 1.